The molecule has 4 heteroatoms. The van der Waals surface area contributed by atoms with Crippen molar-refractivity contribution in [3.63, 3.8) is 0 Å². The molecule has 0 bridgehead atoms. The fourth-order valence-electron chi connectivity index (χ4n) is 1.20. The molecule has 15 heavy (non-hydrogen) atoms. The Balaban J connectivity index is 2.68. The Kier molecular flexibility index (Phi) is 5.03. The van der Waals surface area contributed by atoms with Gasteiger partial charge in [-0.3, -0.25) is 4.90 Å². The Morgan fingerprint density at radius 1 is 1.53 bits per heavy atom. The Morgan fingerprint density at radius 3 is 2.73 bits per heavy atom. The molecule has 0 N–H and O–H groups in total. The normalized spacial score (nSPS) is 13.2. The predicted octanol–water partition coefficient (Wildman–Crippen LogP) is 3.69. The smallest absolute Gasteiger partial charge is 0.141 e. The molecule has 1 rings (SSSR count). The van der Waals surface area contributed by atoms with Crippen molar-refractivity contribution in [2.45, 2.75) is 19.5 Å². The topological polar surface area (TPSA) is 3.24 Å². The van der Waals surface area contributed by atoms with Crippen LogP contribution in [0.15, 0.2) is 18.2 Å². The zero-order valence-electron chi connectivity index (χ0n) is 8.80. The van der Waals surface area contributed by atoms with Crippen LogP contribution in [0.4, 0.5) is 4.39 Å². The first-order valence-corrected chi connectivity index (χ1v) is 6.24. The third-order valence-electron chi connectivity index (χ3n) is 2.39. The van der Waals surface area contributed by atoms with Crippen molar-refractivity contribution >= 4 is 27.5 Å². The highest BCUT2D eigenvalue weighted by atomic mass is 79.9. The van der Waals surface area contributed by atoms with Crippen molar-refractivity contribution in [3.05, 3.63) is 34.6 Å². The number of benzene rings is 1. The van der Waals surface area contributed by atoms with Gasteiger partial charge in [0.05, 0.1) is 5.02 Å². The van der Waals surface area contributed by atoms with Crippen molar-refractivity contribution in [3.8, 4) is 0 Å². The van der Waals surface area contributed by atoms with Crippen molar-refractivity contribution in [1.82, 2.24) is 4.90 Å². The molecule has 1 aromatic carbocycles. The van der Waals surface area contributed by atoms with Gasteiger partial charge >= 0.3 is 0 Å². The average Bonchev–Trinajstić information content (AvgIpc) is 2.22. The summed E-state index contributed by atoms with van der Waals surface area (Å²) in [6, 6.07) is 5.28. The second kappa shape index (κ2) is 5.83. The van der Waals surface area contributed by atoms with Gasteiger partial charge < -0.3 is 0 Å². The van der Waals surface area contributed by atoms with Crippen LogP contribution in [0.25, 0.3) is 0 Å². The minimum Gasteiger partial charge on any atom is -0.299 e. The lowest BCUT2D eigenvalue weighted by Gasteiger charge is -2.22. The van der Waals surface area contributed by atoms with Crippen LogP contribution in [-0.4, -0.2) is 23.3 Å². The molecule has 0 spiro atoms. The van der Waals surface area contributed by atoms with Gasteiger partial charge in [0.15, 0.2) is 0 Å². The molecule has 1 atom stereocenters. The van der Waals surface area contributed by atoms with Gasteiger partial charge in [0.25, 0.3) is 0 Å². The molecule has 0 radical (unpaired) electrons. The molecular weight excluding hydrogens is 280 g/mol. The molecular formula is C11H14BrClFN. The van der Waals surface area contributed by atoms with Gasteiger partial charge in [-0.25, -0.2) is 4.39 Å². The van der Waals surface area contributed by atoms with E-state index in [9.17, 15) is 4.39 Å². The lowest BCUT2D eigenvalue weighted by Crippen LogP contribution is -2.29. The van der Waals surface area contributed by atoms with E-state index in [0.717, 1.165) is 17.4 Å². The number of hydrogen-bond donors (Lipinski definition) is 0. The summed E-state index contributed by atoms with van der Waals surface area (Å²) in [5, 5.41) is 1.10. The van der Waals surface area contributed by atoms with Crippen LogP contribution in [-0.2, 0) is 6.54 Å². The molecule has 0 aromatic heterocycles. The number of rotatable bonds is 4. The van der Waals surface area contributed by atoms with Gasteiger partial charge in [0.1, 0.15) is 5.82 Å². The van der Waals surface area contributed by atoms with Crippen LogP contribution >= 0.6 is 27.5 Å². The lowest BCUT2D eigenvalue weighted by atomic mass is 10.2. The van der Waals surface area contributed by atoms with Crippen LogP contribution in [0.5, 0.6) is 0 Å². The number of alkyl halides is 1. The average molecular weight is 295 g/mol. The van der Waals surface area contributed by atoms with E-state index in [2.05, 4.69) is 27.8 Å². The standard InChI is InChI=1S/C11H14BrClFN/c1-8(6-12)15(2)7-9-3-4-11(14)10(13)5-9/h3-5,8H,6-7H2,1-2H3. The van der Waals surface area contributed by atoms with Gasteiger partial charge in [0.2, 0.25) is 0 Å². The maximum atomic E-state index is 12.9. The fourth-order valence-corrected chi connectivity index (χ4v) is 1.90. The van der Waals surface area contributed by atoms with Gasteiger partial charge in [-0.2, -0.15) is 0 Å². The summed E-state index contributed by atoms with van der Waals surface area (Å²) in [4.78, 5) is 2.18. The molecule has 0 fully saturated rings. The van der Waals surface area contributed by atoms with E-state index in [1.807, 2.05) is 7.05 Å². The highest BCUT2D eigenvalue weighted by molar-refractivity contribution is 9.09. The second-order valence-corrected chi connectivity index (χ2v) is 4.72. The van der Waals surface area contributed by atoms with Crippen LogP contribution < -0.4 is 0 Å². The molecule has 0 aliphatic heterocycles. The number of nitrogens with zero attached hydrogens (tertiary/aromatic N) is 1. The Hall–Kier alpha value is -0.120. The molecule has 0 saturated heterocycles. The van der Waals surface area contributed by atoms with Crippen molar-refractivity contribution < 1.29 is 4.39 Å². The van der Waals surface area contributed by atoms with Gasteiger partial charge in [0, 0.05) is 17.9 Å². The Morgan fingerprint density at radius 2 is 2.20 bits per heavy atom. The molecule has 0 amide bonds. The van der Waals surface area contributed by atoms with E-state index in [1.165, 1.54) is 6.07 Å². The largest absolute Gasteiger partial charge is 0.299 e. The van der Waals surface area contributed by atoms with E-state index < -0.39 is 0 Å². The highest BCUT2D eigenvalue weighted by Gasteiger charge is 2.09. The first-order chi connectivity index (χ1) is 7.04. The molecule has 0 saturated carbocycles. The zero-order chi connectivity index (χ0) is 11.4. The molecule has 0 aliphatic carbocycles. The summed E-state index contributed by atoms with van der Waals surface area (Å²) in [5.41, 5.74) is 1.02. The molecule has 1 unspecified atom stereocenters. The van der Waals surface area contributed by atoms with Gasteiger partial charge in [-0.05, 0) is 31.7 Å². The molecule has 84 valence electrons. The Bertz CT molecular complexity index is 332. The third kappa shape index (κ3) is 3.74. The maximum absolute atomic E-state index is 12.9. The van der Waals surface area contributed by atoms with E-state index in [-0.39, 0.29) is 10.8 Å². The monoisotopic (exact) mass is 293 g/mol. The summed E-state index contributed by atoms with van der Waals surface area (Å²) in [7, 11) is 2.03. The van der Waals surface area contributed by atoms with Crippen LogP contribution in [0, 0.1) is 5.82 Å². The SMILES string of the molecule is CC(CBr)N(C)Cc1ccc(F)c(Cl)c1. The first kappa shape index (κ1) is 12.9. The first-order valence-electron chi connectivity index (χ1n) is 4.74. The summed E-state index contributed by atoms with van der Waals surface area (Å²) < 4.78 is 12.9. The fraction of sp³-hybridized carbons (Fsp3) is 0.455. The molecule has 0 heterocycles. The lowest BCUT2D eigenvalue weighted by molar-refractivity contribution is 0.270. The summed E-state index contributed by atoms with van der Waals surface area (Å²) in [6.45, 7) is 2.90. The van der Waals surface area contributed by atoms with E-state index in [1.54, 1.807) is 12.1 Å². The zero-order valence-corrected chi connectivity index (χ0v) is 11.1. The van der Waals surface area contributed by atoms with Gasteiger partial charge in [-0.15, -0.1) is 0 Å². The van der Waals surface area contributed by atoms with Crippen molar-refractivity contribution in [2.24, 2.45) is 0 Å². The minimum absolute atomic E-state index is 0.187. The summed E-state index contributed by atoms with van der Waals surface area (Å²) >= 11 is 9.14. The maximum Gasteiger partial charge on any atom is 0.141 e. The van der Waals surface area contributed by atoms with Crippen LogP contribution in [0.1, 0.15) is 12.5 Å². The van der Waals surface area contributed by atoms with Crippen LogP contribution in [0.2, 0.25) is 5.02 Å². The molecule has 1 nitrogen and oxygen atoms in total. The summed E-state index contributed by atoms with van der Waals surface area (Å²) in [6.07, 6.45) is 0. The van der Waals surface area contributed by atoms with Gasteiger partial charge in [-0.1, -0.05) is 33.6 Å². The molecule has 1 aromatic rings. The number of halogens is 3. The Labute approximate surface area is 103 Å². The van der Waals surface area contributed by atoms with Crippen molar-refractivity contribution in [2.75, 3.05) is 12.4 Å². The summed E-state index contributed by atoms with van der Waals surface area (Å²) in [5.74, 6) is -0.364. The van der Waals surface area contributed by atoms with Crippen LogP contribution in [0.3, 0.4) is 0 Å². The molecule has 0 aliphatic rings. The van der Waals surface area contributed by atoms with E-state index in [0.29, 0.717) is 6.04 Å². The number of hydrogen-bond acceptors (Lipinski definition) is 1. The quantitative estimate of drug-likeness (QED) is 0.766. The minimum atomic E-state index is -0.364. The van der Waals surface area contributed by atoms with E-state index in [4.69, 9.17) is 11.6 Å². The third-order valence-corrected chi connectivity index (χ3v) is 3.62. The highest BCUT2D eigenvalue weighted by Crippen LogP contribution is 2.17. The second-order valence-electron chi connectivity index (χ2n) is 3.67. The predicted molar refractivity (Wildman–Crippen MR) is 66.1 cm³/mol. The van der Waals surface area contributed by atoms with E-state index >= 15 is 0 Å². The van der Waals surface area contributed by atoms with Crippen molar-refractivity contribution in [1.29, 1.82) is 0 Å².